The van der Waals surface area contributed by atoms with Crippen LogP contribution in [-0.2, 0) is 4.74 Å². The van der Waals surface area contributed by atoms with Crippen LogP contribution in [0.4, 0.5) is 0 Å². The van der Waals surface area contributed by atoms with Gasteiger partial charge in [-0.25, -0.2) is 0 Å². The molecule has 0 radical (unpaired) electrons. The van der Waals surface area contributed by atoms with Gasteiger partial charge in [0.05, 0.1) is 12.7 Å². The van der Waals surface area contributed by atoms with Crippen LogP contribution in [0.25, 0.3) is 10.8 Å². The average molecular weight is 270 g/mol. The van der Waals surface area contributed by atoms with Crippen molar-refractivity contribution in [2.24, 2.45) is 5.73 Å². The van der Waals surface area contributed by atoms with Gasteiger partial charge in [0.15, 0.2) is 0 Å². The number of nitrogens with two attached hydrogens (primary N) is 1. The minimum atomic E-state index is -0.0531. The van der Waals surface area contributed by atoms with Crippen LogP contribution in [0.1, 0.15) is 10.4 Å². The van der Waals surface area contributed by atoms with Crippen LogP contribution in [-0.4, -0.2) is 43.2 Å². The van der Waals surface area contributed by atoms with E-state index in [0.29, 0.717) is 26.2 Å². The fraction of sp³-hybridized carbons (Fsp3) is 0.312. The van der Waals surface area contributed by atoms with Crippen molar-refractivity contribution in [3.63, 3.8) is 0 Å². The van der Waals surface area contributed by atoms with Crippen molar-refractivity contribution in [3.8, 4) is 0 Å². The standard InChI is InChI=1S/C16H18N2O2/c17-10-13-11-18(8-9-20-13)16(19)15-7-3-5-12-4-1-2-6-14(12)15/h1-7,13H,8-11,17H2. The lowest BCUT2D eigenvalue weighted by molar-refractivity contribution is -0.0166. The summed E-state index contributed by atoms with van der Waals surface area (Å²) in [4.78, 5) is 14.5. The van der Waals surface area contributed by atoms with Crippen molar-refractivity contribution in [3.05, 3.63) is 48.0 Å². The van der Waals surface area contributed by atoms with Gasteiger partial charge in [0.1, 0.15) is 0 Å². The predicted molar refractivity (Wildman–Crippen MR) is 78.6 cm³/mol. The van der Waals surface area contributed by atoms with Crippen LogP contribution in [0.15, 0.2) is 42.5 Å². The summed E-state index contributed by atoms with van der Waals surface area (Å²) >= 11 is 0. The number of fused-ring (bicyclic) bond motifs is 1. The van der Waals surface area contributed by atoms with Gasteiger partial charge in [-0.2, -0.15) is 0 Å². The van der Waals surface area contributed by atoms with E-state index in [4.69, 9.17) is 10.5 Å². The molecule has 1 saturated heterocycles. The van der Waals surface area contributed by atoms with Gasteiger partial charge in [-0.15, -0.1) is 0 Å². The second-order valence-electron chi connectivity index (χ2n) is 5.01. The number of hydrogen-bond donors (Lipinski definition) is 1. The maximum atomic E-state index is 12.7. The molecule has 4 nitrogen and oxygen atoms in total. The molecular weight excluding hydrogens is 252 g/mol. The van der Waals surface area contributed by atoms with Gasteiger partial charge < -0.3 is 15.4 Å². The Bertz CT molecular complexity index is 621. The van der Waals surface area contributed by atoms with E-state index < -0.39 is 0 Å². The lowest BCUT2D eigenvalue weighted by atomic mass is 10.0. The molecule has 1 heterocycles. The fourth-order valence-corrected chi connectivity index (χ4v) is 2.63. The number of carbonyl (C=O) groups is 1. The number of morpholine rings is 1. The third-order valence-corrected chi connectivity index (χ3v) is 3.71. The van der Waals surface area contributed by atoms with Crippen LogP contribution in [0.3, 0.4) is 0 Å². The van der Waals surface area contributed by atoms with Crippen LogP contribution in [0, 0.1) is 0 Å². The molecule has 1 aliphatic rings. The first-order chi connectivity index (χ1) is 9.79. The molecule has 1 fully saturated rings. The Morgan fingerprint density at radius 3 is 2.90 bits per heavy atom. The summed E-state index contributed by atoms with van der Waals surface area (Å²) in [5.41, 5.74) is 6.38. The molecule has 1 unspecified atom stereocenters. The molecule has 2 aromatic rings. The van der Waals surface area contributed by atoms with Crippen LogP contribution in [0.2, 0.25) is 0 Å². The Hall–Kier alpha value is -1.91. The highest BCUT2D eigenvalue weighted by Gasteiger charge is 2.24. The van der Waals surface area contributed by atoms with E-state index in [1.165, 1.54) is 0 Å². The highest BCUT2D eigenvalue weighted by molar-refractivity contribution is 6.07. The number of carbonyl (C=O) groups excluding carboxylic acids is 1. The number of amides is 1. The number of ether oxygens (including phenoxy) is 1. The SMILES string of the molecule is NCC1CN(C(=O)c2cccc3ccccc23)CCO1. The van der Waals surface area contributed by atoms with Gasteiger partial charge in [-0.1, -0.05) is 36.4 Å². The molecule has 1 atom stereocenters. The minimum absolute atomic E-state index is 0.0531. The summed E-state index contributed by atoms with van der Waals surface area (Å²) in [6, 6.07) is 13.8. The summed E-state index contributed by atoms with van der Waals surface area (Å²) in [5.74, 6) is 0.0588. The monoisotopic (exact) mass is 270 g/mol. The lowest BCUT2D eigenvalue weighted by Crippen LogP contribution is -2.48. The number of rotatable bonds is 2. The molecule has 0 aromatic heterocycles. The van der Waals surface area contributed by atoms with E-state index >= 15 is 0 Å². The molecule has 1 aliphatic heterocycles. The Labute approximate surface area is 118 Å². The van der Waals surface area contributed by atoms with Crippen LogP contribution < -0.4 is 5.73 Å². The molecule has 20 heavy (non-hydrogen) atoms. The zero-order chi connectivity index (χ0) is 13.9. The van der Waals surface area contributed by atoms with Crippen molar-refractivity contribution >= 4 is 16.7 Å². The first kappa shape index (κ1) is 13.1. The van der Waals surface area contributed by atoms with Crippen molar-refractivity contribution in [2.45, 2.75) is 6.10 Å². The Balaban J connectivity index is 1.92. The topological polar surface area (TPSA) is 55.6 Å². The largest absolute Gasteiger partial charge is 0.373 e. The second kappa shape index (κ2) is 5.61. The maximum Gasteiger partial charge on any atom is 0.254 e. The molecule has 4 heteroatoms. The second-order valence-corrected chi connectivity index (χ2v) is 5.01. The molecule has 2 N–H and O–H groups in total. The van der Waals surface area contributed by atoms with Gasteiger partial charge in [0.2, 0.25) is 0 Å². The molecule has 104 valence electrons. The molecule has 0 saturated carbocycles. The molecule has 2 aromatic carbocycles. The van der Waals surface area contributed by atoms with E-state index in [9.17, 15) is 4.79 Å². The summed E-state index contributed by atoms with van der Waals surface area (Å²) in [6.45, 7) is 2.19. The maximum absolute atomic E-state index is 12.7. The van der Waals surface area contributed by atoms with Crippen molar-refractivity contribution in [2.75, 3.05) is 26.2 Å². The summed E-state index contributed by atoms with van der Waals surface area (Å²) in [5, 5.41) is 2.08. The normalized spacial score (nSPS) is 19.2. The third kappa shape index (κ3) is 2.40. The zero-order valence-electron chi connectivity index (χ0n) is 11.3. The highest BCUT2D eigenvalue weighted by atomic mass is 16.5. The van der Waals surface area contributed by atoms with Gasteiger partial charge in [0.25, 0.3) is 5.91 Å². The summed E-state index contributed by atoms with van der Waals surface area (Å²) < 4.78 is 5.51. The quantitative estimate of drug-likeness (QED) is 0.902. The van der Waals surface area contributed by atoms with Gasteiger partial charge >= 0.3 is 0 Å². The Morgan fingerprint density at radius 2 is 2.05 bits per heavy atom. The van der Waals surface area contributed by atoms with Crippen molar-refractivity contribution in [1.29, 1.82) is 0 Å². The first-order valence-electron chi connectivity index (χ1n) is 6.88. The first-order valence-corrected chi connectivity index (χ1v) is 6.88. The molecule has 0 aliphatic carbocycles. The highest BCUT2D eigenvalue weighted by Crippen LogP contribution is 2.20. The Kier molecular flexibility index (Phi) is 3.67. The van der Waals surface area contributed by atoms with Crippen molar-refractivity contribution < 1.29 is 9.53 Å². The van der Waals surface area contributed by atoms with Crippen LogP contribution in [0.5, 0.6) is 0 Å². The fourth-order valence-electron chi connectivity index (χ4n) is 2.63. The number of nitrogens with zero attached hydrogens (tertiary/aromatic N) is 1. The molecule has 1 amide bonds. The third-order valence-electron chi connectivity index (χ3n) is 3.71. The van der Waals surface area contributed by atoms with E-state index in [0.717, 1.165) is 16.3 Å². The summed E-state index contributed by atoms with van der Waals surface area (Å²) in [7, 11) is 0. The average Bonchev–Trinajstić information content (AvgIpc) is 2.53. The minimum Gasteiger partial charge on any atom is -0.373 e. The molecule has 3 rings (SSSR count). The summed E-state index contributed by atoms with van der Waals surface area (Å²) in [6.07, 6.45) is -0.0531. The molecule has 0 spiro atoms. The van der Waals surface area contributed by atoms with E-state index in [1.54, 1.807) is 0 Å². The molecular formula is C16H18N2O2. The zero-order valence-corrected chi connectivity index (χ0v) is 11.3. The van der Waals surface area contributed by atoms with Gasteiger partial charge in [0, 0.05) is 25.2 Å². The van der Waals surface area contributed by atoms with Crippen LogP contribution >= 0.6 is 0 Å². The van der Waals surface area contributed by atoms with E-state index in [2.05, 4.69) is 0 Å². The lowest BCUT2D eigenvalue weighted by Gasteiger charge is -2.32. The number of benzene rings is 2. The predicted octanol–water partition coefficient (Wildman–Crippen LogP) is 1.64. The van der Waals surface area contributed by atoms with Gasteiger partial charge in [-0.05, 0) is 16.8 Å². The van der Waals surface area contributed by atoms with E-state index in [-0.39, 0.29) is 12.0 Å². The van der Waals surface area contributed by atoms with E-state index in [1.807, 2.05) is 47.4 Å². The van der Waals surface area contributed by atoms with Crippen molar-refractivity contribution in [1.82, 2.24) is 4.90 Å². The smallest absolute Gasteiger partial charge is 0.254 e. The Morgan fingerprint density at radius 1 is 1.25 bits per heavy atom. The van der Waals surface area contributed by atoms with Gasteiger partial charge in [-0.3, -0.25) is 4.79 Å². The molecule has 0 bridgehead atoms. The number of hydrogen-bond acceptors (Lipinski definition) is 3.